The van der Waals surface area contributed by atoms with E-state index in [9.17, 15) is 14.4 Å². The van der Waals surface area contributed by atoms with Gasteiger partial charge in [0.1, 0.15) is 11.4 Å². The maximum Gasteiger partial charge on any atom is 0.274 e. The van der Waals surface area contributed by atoms with Gasteiger partial charge < -0.3 is 29.7 Å². The lowest BCUT2D eigenvalue weighted by atomic mass is 10.1. The van der Waals surface area contributed by atoms with E-state index in [1.54, 1.807) is 0 Å². The van der Waals surface area contributed by atoms with E-state index in [2.05, 4.69) is 39.0 Å². The lowest BCUT2D eigenvalue weighted by Gasteiger charge is -2.16. The lowest BCUT2D eigenvalue weighted by Crippen LogP contribution is -2.29. The van der Waals surface area contributed by atoms with Crippen LogP contribution in [0.1, 0.15) is 61.5 Å². The molecule has 6 heterocycles. The molecule has 0 unspecified atom stereocenters. The third kappa shape index (κ3) is 3.70. The van der Waals surface area contributed by atoms with E-state index in [1.807, 2.05) is 59.2 Å². The summed E-state index contributed by atoms with van der Waals surface area (Å²) in [5, 5.41) is 3.11. The van der Waals surface area contributed by atoms with E-state index < -0.39 is 0 Å². The fraction of sp³-hybridized carbons (Fsp3) is 0.250. The fourth-order valence-electron chi connectivity index (χ4n) is 7.78. The molecule has 9 heteroatoms. The Morgan fingerprint density at radius 1 is 0.600 bits per heavy atom. The van der Waals surface area contributed by atoms with Crippen molar-refractivity contribution in [3.8, 4) is 0 Å². The van der Waals surface area contributed by atoms with Crippen molar-refractivity contribution in [1.82, 2.24) is 15.0 Å². The number of nitrogens with one attached hydrogen (secondary N) is 3. The van der Waals surface area contributed by atoms with Gasteiger partial charge >= 0.3 is 0 Å². The summed E-state index contributed by atoms with van der Waals surface area (Å²) in [5.41, 5.74) is 11.0. The average molecular weight is 597 g/mol. The maximum absolute atomic E-state index is 13.9. The van der Waals surface area contributed by atoms with Crippen LogP contribution < -0.4 is 14.7 Å². The van der Waals surface area contributed by atoms with E-state index >= 15 is 0 Å². The molecule has 0 spiro atoms. The van der Waals surface area contributed by atoms with Crippen molar-refractivity contribution in [2.75, 3.05) is 41.4 Å². The summed E-state index contributed by atoms with van der Waals surface area (Å²) < 4.78 is 0. The minimum absolute atomic E-state index is 0.0372. The summed E-state index contributed by atoms with van der Waals surface area (Å²) in [6.45, 7) is 4.02. The van der Waals surface area contributed by atoms with Crippen LogP contribution in [0.4, 0.5) is 17.1 Å². The lowest BCUT2D eigenvalue weighted by molar-refractivity contribution is 0.0977. The second-order valence-corrected chi connectivity index (χ2v) is 12.5. The van der Waals surface area contributed by atoms with Crippen molar-refractivity contribution in [1.29, 1.82) is 0 Å². The highest BCUT2D eigenvalue weighted by Gasteiger charge is 2.32. The zero-order chi connectivity index (χ0) is 30.6. The van der Waals surface area contributed by atoms with E-state index in [0.29, 0.717) is 36.6 Å². The predicted octanol–water partition coefficient (Wildman–Crippen LogP) is 6.12. The molecule has 0 atom stereocenters. The molecule has 0 fully saturated rings. The number of nitrogens with zero attached hydrogens (tertiary/aromatic N) is 3. The smallest absolute Gasteiger partial charge is 0.274 e. The van der Waals surface area contributed by atoms with Crippen LogP contribution in [0.3, 0.4) is 0 Å². The van der Waals surface area contributed by atoms with E-state index in [1.165, 1.54) is 11.3 Å². The number of rotatable bonds is 4. The van der Waals surface area contributed by atoms with Gasteiger partial charge in [0.05, 0.1) is 5.69 Å². The molecule has 0 bridgehead atoms. The van der Waals surface area contributed by atoms with Crippen molar-refractivity contribution in [3.63, 3.8) is 0 Å². The fourth-order valence-corrected chi connectivity index (χ4v) is 7.78. The number of aromatic amines is 3. The molecule has 3 aliphatic heterocycles. The minimum atomic E-state index is -0.0828. The molecule has 3 aliphatic rings. The van der Waals surface area contributed by atoms with Crippen LogP contribution in [0.5, 0.6) is 0 Å². The first kappa shape index (κ1) is 26.1. The molecule has 3 aromatic carbocycles. The molecule has 224 valence electrons. The van der Waals surface area contributed by atoms with Crippen molar-refractivity contribution in [2.45, 2.75) is 32.6 Å². The highest BCUT2D eigenvalue weighted by molar-refractivity contribution is 6.13. The summed E-state index contributed by atoms with van der Waals surface area (Å²) in [7, 11) is 2.11. The Labute approximate surface area is 258 Å². The number of carbonyl (C=O) groups excluding carboxylic acids is 3. The van der Waals surface area contributed by atoms with Gasteiger partial charge in [-0.3, -0.25) is 14.4 Å². The van der Waals surface area contributed by atoms with Crippen LogP contribution in [0.2, 0.25) is 0 Å². The first-order chi connectivity index (χ1) is 21.9. The molecule has 3 aromatic heterocycles. The van der Waals surface area contributed by atoms with E-state index in [4.69, 9.17) is 0 Å². The topological polar surface area (TPSA) is 108 Å². The molecule has 0 radical (unpaired) electrons. The molecule has 2 amide bonds. The number of amides is 2. The number of likely N-dealkylation sites (N-methyl/N-ethyl adjacent to an activating group) is 1. The third-order valence-electron chi connectivity index (χ3n) is 10.1. The van der Waals surface area contributed by atoms with Crippen LogP contribution in [0.25, 0.3) is 32.7 Å². The predicted molar refractivity (Wildman–Crippen MR) is 177 cm³/mol. The molecule has 9 nitrogen and oxygen atoms in total. The van der Waals surface area contributed by atoms with Gasteiger partial charge in [-0.2, -0.15) is 0 Å². The summed E-state index contributed by atoms with van der Waals surface area (Å²) in [5.74, 6) is -0.0420. The number of Topliss-reactive ketones (excluding diaryl/α,β-unsaturated/α-hetero) is 1. The van der Waals surface area contributed by atoms with Gasteiger partial charge in [-0.15, -0.1) is 0 Å². The SMILES string of the molecule is CCC(=O)c1cc2c3c(ccc2[nH]1)N(C(=O)c1cc2c4c(ccc2[nH]1)N(C(=O)c1cc2c5c(ccc2[nH]1)N(C)CC5)CC4)CC3. The van der Waals surface area contributed by atoms with Gasteiger partial charge in [0.2, 0.25) is 0 Å². The molecular weight excluding hydrogens is 564 g/mol. The molecule has 45 heavy (non-hydrogen) atoms. The monoisotopic (exact) mass is 596 g/mol. The molecule has 0 saturated heterocycles. The van der Waals surface area contributed by atoms with Crippen LogP contribution in [0.15, 0.2) is 54.6 Å². The third-order valence-corrected chi connectivity index (χ3v) is 10.1. The van der Waals surface area contributed by atoms with Gasteiger partial charge in [0.25, 0.3) is 11.8 Å². The minimum Gasteiger partial charge on any atom is -0.374 e. The summed E-state index contributed by atoms with van der Waals surface area (Å²) in [6, 6.07) is 18.0. The Morgan fingerprint density at radius 3 is 1.53 bits per heavy atom. The zero-order valence-electron chi connectivity index (χ0n) is 25.2. The van der Waals surface area contributed by atoms with Crippen molar-refractivity contribution < 1.29 is 14.4 Å². The first-order valence-electron chi connectivity index (χ1n) is 15.7. The Hall–Kier alpha value is -5.31. The second kappa shape index (κ2) is 9.34. The number of hydrogen-bond donors (Lipinski definition) is 3. The summed E-state index contributed by atoms with van der Waals surface area (Å²) in [4.78, 5) is 55.9. The number of benzene rings is 3. The van der Waals surface area contributed by atoms with Gasteiger partial charge in [-0.1, -0.05) is 6.92 Å². The molecule has 3 N–H and O–H groups in total. The Morgan fingerprint density at radius 2 is 1.02 bits per heavy atom. The number of hydrogen-bond acceptors (Lipinski definition) is 4. The summed E-state index contributed by atoms with van der Waals surface area (Å²) in [6.07, 6.45) is 2.88. The van der Waals surface area contributed by atoms with Crippen LogP contribution >= 0.6 is 0 Å². The number of ketones is 1. The number of aromatic nitrogens is 3. The molecule has 6 aromatic rings. The van der Waals surface area contributed by atoms with E-state index in [0.717, 1.165) is 81.0 Å². The Balaban J connectivity index is 1.02. The molecule has 0 aliphatic carbocycles. The maximum atomic E-state index is 13.9. The quantitative estimate of drug-likeness (QED) is 0.213. The molecular formula is C36H32N6O3. The largest absolute Gasteiger partial charge is 0.374 e. The Kier molecular flexibility index (Phi) is 5.42. The molecule has 9 rings (SSSR count). The number of H-pyrrole nitrogens is 3. The van der Waals surface area contributed by atoms with E-state index in [-0.39, 0.29) is 17.6 Å². The second-order valence-electron chi connectivity index (χ2n) is 12.5. The van der Waals surface area contributed by atoms with Gasteiger partial charge in [0, 0.05) is 82.9 Å². The highest BCUT2D eigenvalue weighted by Crippen LogP contribution is 2.39. The van der Waals surface area contributed by atoms with Crippen LogP contribution in [-0.2, 0) is 19.3 Å². The number of fused-ring (bicyclic) bond motifs is 9. The summed E-state index contributed by atoms with van der Waals surface area (Å²) >= 11 is 0. The highest BCUT2D eigenvalue weighted by atomic mass is 16.2. The average Bonchev–Trinajstić information content (AvgIpc) is 3.88. The van der Waals surface area contributed by atoms with Gasteiger partial charge in [-0.25, -0.2) is 0 Å². The van der Waals surface area contributed by atoms with Crippen LogP contribution in [0, 0.1) is 0 Å². The van der Waals surface area contributed by atoms with Crippen molar-refractivity contribution >= 4 is 67.4 Å². The zero-order valence-corrected chi connectivity index (χ0v) is 25.2. The number of anilines is 3. The first-order valence-corrected chi connectivity index (χ1v) is 15.7. The van der Waals surface area contributed by atoms with Gasteiger partial charge in [-0.05, 0) is 90.6 Å². The molecule has 0 saturated carbocycles. The normalized spacial score (nSPS) is 15.5. The van der Waals surface area contributed by atoms with Crippen molar-refractivity contribution in [3.05, 3.63) is 88.4 Å². The Bertz CT molecular complexity index is 2270. The number of carbonyl (C=O) groups is 3. The van der Waals surface area contributed by atoms with Crippen molar-refractivity contribution in [2.24, 2.45) is 0 Å². The van der Waals surface area contributed by atoms with Gasteiger partial charge in [0.15, 0.2) is 5.78 Å². The van der Waals surface area contributed by atoms with Crippen LogP contribution in [-0.4, -0.2) is 59.2 Å². The standard InChI is InChI=1S/C36H32N6O3/c1-3-34(43)28-16-22-20-11-14-41(32(20)8-5-25(22)37-28)36(45)30-18-24-21-12-15-42(33(21)9-6-27(24)39-30)35(44)29-17-23-19-10-13-40(2)31(19)7-4-26(23)38-29/h4-9,16-18,37-39H,3,10-15H2,1-2H3.